The first-order valence-corrected chi connectivity index (χ1v) is 8.56. The van der Waals surface area contributed by atoms with Crippen molar-refractivity contribution in [1.82, 2.24) is 4.72 Å². The van der Waals surface area contributed by atoms with Crippen molar-refractivity contribution in [2.45, 2.75) is 49.1 Å². The molecule has 0 saturated heterocycles. The van der Waals surface area contributed by atoms with Gasteiger partial charge >= 0.3 is 0 Å². The van der Waals surface area contributed by atoms with Crippen LogP contribution in [0.1, 0.15) is 32.1 Å². The first-order valence-electron chi connectivity index (χ1n) is 7.08. The third-order valence-corrected chi connectivity index (χ3v) is 5.29. The Balaban J connectivity index is 2.19. The molecule has 0 aliphatic heterocycles. The fourth-order valence-electron chi connectivity index (χ4n) is 2.57. The van der Waals surface area contributed by atoms with E-state index in [0.29, 0.717) is 18.6 Å². The summed E-state index contributed by atoms with van der Waals surface area (Å²) in [4.78, 5) is 0.0808. The summed E-state index contributed by atoms with van der Waals surface area (Å²) in [6.45, 7) is 0. The number of anilines is 1. The van der Waals surface area contributed by atoms with Crippen molar-refractivity contribution in [3.63, 3.8) is 0 Å². The zero-order valence-electron chi connectivity index (χ0n) is 12.1. The molecule has 0 spiro atoms. The molecule has 0 radical (unpaired) electrons. The fourth-order valence-corrected chi connectivity index (χ4v) is 3.91. The number of ether oxygens (including phenoxy) is 1. The summed E-state index contributed by atoms with van der Waals surface area (Å²) in [5.41, 5.74) is 6.01. The van der Waals surface area contributed by atoms with Crippen LogP contribution in [0.2, 0.25) is 0 Å². The van der Waals surface area contributed by atoms with E-state index in [9.17, 15) is 13.5 Å². The molecule has 0 bridgehead atoms. The molecular weight excluding hydrogens is 292 g/mol. The Morgan fingerprint density at radius 2 is 2.00 bits per heavy atom. The van der Waals surface area contributed by atoms with Gasteiger partial charge in [0.2, 0.25) is 10.0 Å². The SMILES string of the molecule is COc1ccc(S(=O)(=O)NC2CCCCCC2O)cc1N. The minimum Gasteiger partial charge on any atom is -0.495 e. The Hall–Kier alpha value is -1.31. The van der Waals surface area contributed by atoms with Crippen LogP contribution in [-0.4, -0.2) is 32.8 Å². The Kier molecular flexibility index (Phi) is 5.08. The predicted molar refractivity (Wildman–Crippen MR) is 80.6 cm³/mol. The molecule has 2 rings (SSSR count). The van der Waals surface area contributed by atoms with Crippen LogP contribution >= 0.6 is 0 Å². The molecule has 6 nitrogen and oxygen atoms in total. The first kappa shape index (κ1) is 16.1. The summed E-state index contributed by atoms with van der Waals surface area (Å²) in [6, 6.07) is 3.89. The average molecular weight is 314 g/mol. The number of rotatable bonds is 4. The normalized spacial score (nSPS) is 23.5. The number of nitrogen functional groups attached to an aromatic ring is 1. The molecule has 0 aromatic heterocycles. The highest BCUT2D eigenvalue weighted by molar-refractivity contribution is 7.89. The molecule has 4 N–H and O–H groups in total. The smallest absolute Gasteiger partial charge is 0.240 e. The maximum atomic E-state index is 12.4. The van der Waals surface area contributed by atoms with E-state index in [4.69, 9.17) is 10.5 Å². The van der Waals surface area contributed by atoms with Crippen LogP contribution in [0.15, 0.2) is 23.1 Å². The number of sulfonamides is 1. The molecule has 21 heavy (non-hydrogen) atoms. The van der Waals surface area contributed by atoms with Gasteiger partial charge < -0.3 is 15.6 Å². The minimum atomic E-state index is -3.70. The van der Waals surface area contributed by atoms with Crippen LogP contribution in [0.5, 0.6) is 5.75 Å². The van der Waals surface area contributed by atoms with Crippen LogP contribution in [-0.2, 0) is 10.0 Å². The van der Waals surface area contributed by atoms with Gasteiger partial charge in [0.05, 0.1) is 23.8 Å². The number of hydrogen-bond donors (Lipinski definition) is 3. The van der Waals surface area contributed by atoms with Gasteiger partial charge in [-0.2, -0.15) is 0 Å². The van der Waals surface area contributed by atoms with Gasteiger partial charge in [0, 0.05) is 6.04 Å². The van der Waals surface area contributed by atoms with Gasteiger partial charge in [-0.05, 0) is 31.0 Å². The first-order chi connectivity index (χ1) is 9.94. The molecule has 1 aromatic rings. The molecule has 1 saturated carbocycles. The maximum absolute atomic E-state index is 12.4. The zero-order chi connectivity index (χ0) is 15.5. The van der Waals surface area contributed by atoms with Gasteiger partial charge in [0.15, 0.2) is 0 Å². The van der Waals surface area contributed by atoms with Gasteiger partial charge in [0.25, 0.3) is 0 Å². The summed E-state index contributed by atoms with van der Waals surface area (Å²) < 4.78 is 32.4. The highest BCUT2D eigenvalue weighted by atomic mass is 32.2. The lowest BCUT2D eigenvalue weighted by Gasteiger charge is -2.21. The highest BCUT2D eigenvalue weighted by Gasteiger charge is 2.27. The summed E-state index contributed by atoms with van der Waals surface area (Å²) in [6.07, 6.45) is 3.48. The second-order valence-corrected chi connectivity index (χ2v) is 7.05. The largest absolute Gasteiger partial charge is 0.495 e. The number of nitrogens with one attached hydrogen (secondary N) is 1. The second kappa shape index (κ2) is 6.64. The van der Waals surface area contributed by atoms with Gasteiger partial charge in [0.1, 0.15) is 5.75 Å². The van der Waals surface area contributed by atoms with E-state index in [0.717, 1.165) is 19.3 Å². The topological polar surface area (TPSA) is 102 Å². The summed E-state index contributed by atoms with van der Waals surface area (Å²) in [5, 5.41) is 10.0. The number of aliphatic hydroxyl groups excluding tert-OH is 1. The third-order valence-electron chi connectivity index (χ3n) is 3.80. The molecule has 118 valence electrons. The van der Waals surface area contributed by atoms with Crippen LogP contribution in [0, 0.1) is 0 Å². The lowest BCUT2D eigenvalue weighted by atomic mass is 10.1. The predicted octanol–water partition coefficient (Wildman–Crippen LogP) is 1.25. The zero-order valence-corrected chi connectivity index (χ0v) is 12.9. The van der Waals surface area contributed by atoms with Crippen LogP contribution in [0.25, 0.3) is 0 Å². The summed E-state index contributed by atoms with van der Waals surface area (Å²) in [5.74, 6) is 0.434. The molecule has 0 heterocycles. The van der Waals surface area contributed by atoms with Gasteiger partial charge in [-0.15, -0.1) is 0 Å². The molecule has 1 aliphatic rings. The van der Waals surface area contributed by atoms with Crippen LogP contribution < -0.4 is 15.2 Å². The van der Waals surface area contributed by atoms with E-state index < -0.39 is 22.2 Å². The van der Waals surface area contributed by atoms with Crippen molar-refractivity contribution in [3.8, 4) is 5.75 Å². The summed E-state index contributed by atoms with van der Waals surface area (Å²) in [7, 11) is -2.23. The van der Waals surface area contributed by atoms with Crippen molar-refractivity contribution >= 4 is 15.7 Å². The van der Waals surface area contributed by atoms with E-state index in [-0.39, 0.29) is 10.6 Å². The van der Waals surface area contributed by atoms with E-state index in [1.807, 2.05) is 0 Å². The average Bonchev–Trinajstić information content (AvgIpc) is 2.64. The molecule has 0 amide bonds. The second-order valence-electron chi connectivity index (χ2n) is 5.34. The number of methoxy groups -OCH3 is 1. The Bertz CT molecular complexity index is 589. The molecule has 2 atom stereocenters. The number of hydrogen-bond acceptors (Lipinski definition) is 5. The molecule has 1 aliphatic carbocycles. The minimum absolute atomic E-state index is 0.0808. The summed E-state index contributed by atoms with van der Waals surface area (Å²) >= 11 is 0. The molecule has 2 unspecified atom stereocenters. The van der Waals surface area contributed by atoms with Gasteiger partial charge in [-0.25, -0.2) is 13.1 Å². The fraction of sp³-hybridized carbons (Fsp3) is 0.571. The van der Waals surface area contributed by atoms with Crippen molar-refractivity contribution in [3.05, 3.63) is 18.2 Å². The van der Waals surface area contributed by atoms with E-state index in [1.165, 1.54) is 25.3 Å². The quantitative estimate of drug-likeness (QED) is 0.573. The molecule has 1 fully saturated rings. The number of nitrogens with two attached hydrogens (primary N) is 1. The Labute approximate surface area is 125 Å². The molecule has 1 aromatic carbocycles. The van der Waals surface area contributed by atoms with E-state index in [1.54, 1.807) is 0 Å². The van der Waals surface area contributed by atoms with Gasteiger partial charge in [-0.3, -0.25) is 0 Å². The van der Waals surface area contributed by atoms with E-state index >= 15 is 0 Å². The molecule has 7 heteroatoms. The van der Waals surface area contributed by atoms with Crippen LogP contribution in [0.4, 0.5) is 5.69 Å². The van der Waals surface area contributed by atoms with E-state index in [2.05, 4.69) is 4.72 Å². The van der Waals surface area contributed by atoms with Crippen molar-refractivity contribution in [1.29, 1.82) is 0 Å². The van der Waals surface area contributed by atoms with Crippen molar-refractivity contribution in [2.24, 2.45) is 0 Å². The standard InChI is InChI=1S/C14H22N2O4S/c1-20-14-8-7-10(9-11(14)15)21(18,19)16-12-5-3-2-4-6-13(12)17/h7-9,12-13,16-17H,2-6,15H2,1H3. The maximum Gasteiger partial charge on any atom is 0.240 e. The lowest BCUT2D eigenvalue weighted by Crippen LogP contribution is -2.42. The monoisotopic (exact) mass is 314 g/mol. The Morgan fingerprint density at radius 1 is 1.29 bits per heavy atom. The number of benzene rings is 1. The van der Waals surface area contributed by atoms with Crippen molar-refractivity contribution in [2.75, 3.05) is 12.8 Å². The van der Waals surface area contributed by atoms with Gasteiger partial charge in [-0.1, -0.05) is 19.3 Å². The van der Waals surface area contributed by atoms with Crippen molar-refractivity contribution < 1.29 is 18.3 Å². The lowest BCUT2D eigenvalue weighted by molar-refractivity contribution is 0.130. The number of aliphatic hydroxyl groups is 1. The molecular formula is C14H22N2O4S. The third kappa shape index (κ3) is 3.87. The van der Waals surface area contributed by atoms with Crippen LogP contribution in [0.3, 0.4) is 0 Å². The highest BCUT2D eigenvalue weighted by Crippen LogP contribution is 2.25. The Morgan fingerprint density at radius 3 is 2.67 bits per heavy atom.